The fourth-order valence-corrected chi connectivity index (χ4v) is 2.97. The number of hydrogen-bond acceptors (Lipinski definition) is 3. The van der Waals surface area contributed by atoms with E-state index < -0.39 is 12.1 Å². The van der Waals surface area contributed by atoms with Gasteiger partial charge in [0, 0.05) is 6.04 Å². The number of nitrogens with one attached hydrogen (secondary N) is 3. The SMILES string of the molecule is CC[C@@H](C)NC(=O)c1ccccc1NC(=O)C[C@H](NC(N)=O)c1ccccc1C. The Morgan fingerprint density at radius 1 is 1.00 bits per heavy atom. The maximum Gasteiger partial charge on any atom is 0.312 e. The molecule has 0 aliphatic carbocycles. The van der Waals surface area contributed by atoms with Crippen molar-refractivity contribution in [2.24, 2.45) is 5.73 Å². The average molecular weight is 396 g/mol. The molecule has 0 saturated carbocycles. The molecule has 0 saturated heterocycles. The predicted molar refractivity (Wildman–Crippen MR) is 114 cm³/mol. The number of carbonyl (C=O) groups excluding carboxylic acids is 3. The van der Waals surface area contributed by atoms with Crippen molar-refractivity contribution >= 4 is 23.5 Å². The molecule has 0 bridgehead atoms. The summed E-state index contributed by atoms with van der Waals surface area (Å²) in [5, 5.41) is 8.30. The number of para-hydroxylation sites is 1. The lowest BCUT2D eigenvalue weighted by Gasteiger charge is -2.20. The first-order valence-corrected chi connectivity index (χ1v) is 9.63. The molecular weight excluding hydrogens is 368 g/mol. The quantitative estimate of drug-likeness (QED) is 0.549. The van der Waals surface area contributed by atoms with E-state index in [1.165, 1.54) is 0 Å². The van der Waals surface area contributed by atoms with Crippen LogP contribution in [-0.2, 0) is 4.79 Å². The maximum atomic E-state index is 12.7. The molecule has 0 spiro atoms. The first-order valence-electron chi connectivity index (χ1n) is 9.63. The largest absolute Gasteiger partial charge is 0.352 e. The van der Waals surface area contributed by atoms with Crippen molar-refractivity contribution in [3.63, 3.8) is 0 Å². The van der Waals surface area contributed by atoms with Gasteiger partial charge in [0.1, 0.15) is 0 Å². The summed E-state index contributed by atoms with van der Waals surface area (Å²) in [5.41, 5.74) is 7.85. The number of primary amides is 1. The molecule has 2 atom stereocenters. The van der Waals surface area contributed by atoms with Crippen LogP contribution in [0.15, 0.2) is 48.5 Å². The van der Waals surface area contributed by atoms with Gasteiger partial charge in [-0.05, 0) is 43.5 Å². The maximum absolute atomic E-state index is 12.7. The highest BCUT2D eigenvalue weighted by molar-refractivity contribution is 6.04. The van der Waals surface area contributed by atoms with Crippen LogP contribution in [0, 0.1) is 6.92 Å². The molecule has 0 radical (unpaired) electrons. The third-order valence-electron chi connectivity index (χ3n) is 4.71. The number of aryl methyl sites for hydroxylation is 1. The van der Waals surface area contributed by atoms with Crippen molar-refractivity contribution in [1.82, 2.24) is 10.6 Å². The van der Waals surface area contributed by atoms with Gasteiger partial charge in [-0.3, -0.25) is 9.59 Å². The Morgan fingerprint density at radius 2 is 1.66 bits per heavy atom. The number of urea groups is 1. The minimum Gasteiger partial charge on any atom is -0.352 e. The molecule has 154 valence electrons. The molecule has 2 rings (SSSR count). The fourth-order valence-electron chi connectivity index (χ4n) is 2.97. The molecule has 5 N–H and O–H groups in total. The minimum absolute atomic E-state index is 0.0187. The fraction of sp³-hybridized carbons (Fsp3) is 0.318. The highest BCUT2D eigenvalue weighted by Gasteiger charge is 2.21. The van der Waals surface area contributed by atoms with Gasteiger partial charge in [0.05, 0.1) is 23.7 Å². The smallest absolute Gasteiger partial charge is 0.312 e. The molecule has 0 aromatic heterocycles. The summed E-state index contributed by atoms with van der Waals surface area (Å²) < 4.78 is 0. The lowest BCUT2D eigenvalue weighted by molar-refractivity contribution is -0.116. The van der Waals surface area contributed by atoms with E-state index >= 15 is 0 Å². The summed E-state index contributed by atoms with van der Waals surface area (Å²) in [5.74, 6) is -0.586. The van der Waals surface area contributed by atoms with Crippen molar-refractivity contribution in [3.8, 4) is 0 Å². The zero-order valence-electron chi connectivity index (χ0n) is 17.0. The van der Waals surface area contributed by atoms with Gasteiger partial charge < -0.3 is 21.7 Å². The molecule has 7 heteroatoms. The summed E-state index contributed by atoms with van der Waals surface area (Å²) in [7, 11) is 0. The molecule has 2 aromatic carbocycles. The lowest BCUT2D eigenvalue weighted by atomic mass is 9.98. The predicted octanol–water partition coefficient (Wildman–Crippen LogP) is 3.26. The Bertz CT molecular complexity index is 882. The zero-order chi connectivity index (χ0) is 21.4. The molecular formula is C22H28N4O3. The van der Waals surface area contributed by atoms with Gasteiger partial charge in [-0.2, -0.15) is 0 Å². The summed E-state index contributed by atoms with van der Waals surface area (Å²) in [6.07, 6.45) is 0.784. The van der Waals surface area contributed by atoms with Gasteiger partial charge in [-0.25, -0.2) is 4.79 Å². The van der Waals surface area contributed by atoms with Gasteiger partial charge in [0.15, 0.2) is 0 Å². The number of amides is 4. The molecule has 29 heavy (non-hydrogen) atoms. The van der Waals surface area contributed by atoms with Crippen LogP contribution < -0.4 is 21.7 Å². The third-order valence-corrected chi connectivity index (χ3v) is 4.71. The van der Waals surface area contributed by atoms with Crippen molar-refractivity contribution < 1.29 is 14.4 Å². The summed E-state index contributed by atoms with van der Waals surface area (Å²) in [6, 6.07) is 13.0. The van der Waals surface area contributed by atoms with E-state index in [1.54, 1.807) is 24.3 Å². The summed E-state index contributed by atoms with van der Waals surface area (Å²) in [6.45, 7) is 5.80. The number of benzene rings is 2. The highest BCUT2D eigenvalue weighted by atomic mass is 16.2. The van der Waals surface area contributed by atoms with Crippen LogP contribution in [0.4, 0.5) is 10.5 Å². The van der Waals surface area contributed by atoms with E-state index in [4.69, 9.17) is 5.73 Å². The van der Waals surface area contributed by atoms with Crippen molar-refractivity contribution in [2.45, 2.75) is 45.7 Å². The van der Waals surface area contributed by atoms with E-state index in [2.05, 4.69) is 16.0 Å². The highest BCUT2D eigenvalue weighted by Crippen LogP contribution is 2.22. The van der Waals surface area contributed by atoms with E-state index in [9.17, 15) is 14.4 Å². The molecule has 0 fully saturated rings. The van der Waals surface area contributed by atoms with Gasteiger partial charge in [0.2, 0.25) is 5.91 Å². The lowest BCUT2D eigenvalue weighted by Crippen LogP contribution is -2.36. The number of nitrogens with two attached hydrogens (primary N) is 1. The average Bonchev–Trinajstić information content (AvgIpc) is 2.67. The van der Waals surface area contributed by atoms with Crippen molar-refractivity contribution in [1.29, 1.82) is 0 Å². The van der Waals surface area contributed by atoms with E-state index in [0.29, 0.717) is 11.3 Å². The molecule has 4 amide bonds. The van der Waals surface area contributed by atoms with Gasteiger partial charge in [-0.1, -0.05) is 43.3 Å². The van der Waals surface area contributed by atoms with Crippen LogP contribution in [-0.4, -0.2) is 23.9 Å². The molecule has 0 aliphatic rings. The van der Waals surface area contributed by atoms with Crippen LogP contribution in [0.5, 0.6) is 0 Å². The first kappa shape index (κ1) is 21.9. The second-order valence-corrected chi connectivity index (χ2v) is 7.00. The van der Waals surface area contributed by atoms with Gasteiger partial charge >= 0.3 is 6.03 Å². The first-order chi connectivity index (χ1) is 13.8. The standard InChI is InChI=1S/C22H28N4O3/c1-4-15(3)24-21(28)17-11-7-8-12-18(17)25-20(27)13-19(26-22(23)29)16-10-6-5-9-14(16)2/h5-12,15,19H,4,13H2,1-3H3,(H,24,28)(H,25,27)(H3,23,26,29)/t15-,19+/m1/s1. The van der Waals surface area contributed by atoms with Gasteiger partial charge in [-0.15, -0.1) is 0 Å². The van der Waals surface area contributed by atoms with Crippen LogP contribution in [0.2, 0.25) is 0 Å². The topological polar surface area (TPSA) is 113 Å². The van der Waals surface area contributed by atoms with E-state index in [0.717, 1.165) is 17.5 Å². The van der Waals surface area contributed by atoms with E-state index in [1.807, 2.05) is 45.0 Å². The number of anilines is 1. The molecule has 2 aromatic rings. The van der Waals surface area contributed by atoms with Gasteiger partial charge in [0.25, 0.3) is 5.91 Å². The number of hydrogen-bond donors (Lipinski definition) is 4. The Balaban J connectivity index is 2.17. The molecule has 0 aliphatic heterocycles. The zero-order valence-corrected chi connectivity index (χ0v) is 17.0. The monoisotopic (exact) mass is 396 g/mol. The Hall–Kier alpha value is -3.35. The number of carbonyl (C=O) groups is 3. The van der Waals surface area contributed by atoms with Crippen LogP contribution in [0.25, 0.3) is 0 Å². The van der Waals surface area contributed by atoms with Crippen molar-refractivity contribution in [2.75, 3.05) is 5.32 Å². The van der Waals surface area contributed by atoms with Crippen LogP contribution in [0.1, 0.15) is 54.2 Å². The molecule has 7 nitrogen and oxygen atoms in total. The minimum atomic E-state index is -0.709. The Morgan fingerprint density at radius 3 is 2.31 bits per heavy atom. The second-order valence-electron chi connectivity index (χ2n) is 7.00. The van der Waals surface area contributed by atoms with Crippen LogP contribution in [0.3, 0.4) is 0 Å². The van der Waals surface area contributed by atoms with Crippen molar-refractivity contribution in [3.05, 3.63) is 65.2 Å². The Labute approximate surface area is 171 Å². The summed E-state index contributed by atoms with van der Waals surface area (Å²) in [4.78, 5) is 36.7. The normalized spacial score (nSPS) is 12.5. The number of rotatable bonds is 8. The second kappa shape index (κ2) is 10.3. The Kier molecular flexibility index (Phi) is 7.77. The molecule has 0 unspecified atom stereocenters. The third kappa shape index (κ3) is 6.34. The van der Waals surface area contributed by atoms with Crippen LogP contribution >= 0.6 is 0 Å². The summed E-state index contributed by atoms with van der Waals surface area (Å²) >= 11 is 0. The van der Waals surface area contributed by atoms with E-state index in [-0.39, 0.29) is 24.3 Å². The molecule has 0 heterocycles.